The van der Waals surface area contributed by atoms with Gasteiger partial charge in [-0.25, -0.2) is 0 Å². The number of carbonyl (C=O) groups excluding carboxylic acids is 1. The van der Waals surface area contributed by atoms with Gasteiger partial charge in [0, 0.05) is 18.7 Å². The molecule has 0 aliphatic rings. The highest BCUT2D eigenvalue weighted by molar-refractivity contribution is 5.89. The number of hydrogen-bond donors (Lipinski definition) is 2. The van der Waals surface area contributed by atoms with Crippen molar-refractivity contribution in [2.75, 3.05) is 17.7 Å². The average Bonchev–Trinajstić information content (AvgIpc) is 2.46. The van der Waals surface area contributed by atoms with Crippen molar-refractivity contribution in [2.24, 2.45) is 5.92 Å². The van der Waals surface area contributed by atoms with Gasteiger partial charge in [-0.2, -0.15) is 0 Å². The molecule has 0 aromatic heterocycles. The number of ether oxygens (including phenoxy) is 1. The van der Waals surface area contributed by atoms with E-state index in [2.05, 4.69) is 31.4 Å². The van der Waals surface area contributed by atoms with Gasteiger partial charge in [0.1, 0.15) is 5.75 Å². The van der Waals surface area contributed by atoms with Crippen LogP contribution in [-0.4, -0.2) is 19.1 Å². The molecule has 0 heterocycles. The van der Waals surface area contributed by atoms with Crippen molar-refractivity contribution >= 4 is 17.3 Å². The van der Waals surface area contributed by atoms with Crippen molar-refractivity contribution in [3.05, 3.63) is 18.2 Å². The van der Waals surface area contributed by atoms with E-state index in [1.807, 2.05) is 18.2 Å². The SMILES string of the molecule is CCC(C)CC(CC)Nc1cc(NC(C)=O)ccc1OC. The molecule has 0 fully saturated rings. The summed E-state index contributed by atoms with van der Waals surface area (Å²) in [6, 6.07) is 6.06. The summed E-state index contributed by atoms with van der Waals surface area (Å²) >= 11 is 0. The predicted molar refractivity (Wildman–Crippen MR) is 89.1 cm³/mol. The fourth-order valence-electron chi connectivity index (χ4n) is 2.30. The van der Waals surface area contributed by atoms with Gasteiger partial charge in [0.15, 0.2) is 0 Å². The maximum absolute atomic E-state index is 11.2. The summed E-state index contributed by atoms with van der Waals surface area (Å²) in [6.45, 7) is 8.18. The second kappa shape index (κ2) is 8.55. The van der Waals surface area contributed by atoms with E-state index < -0.39 is 0 Å². The lowest BCUT2D eigenvalue weighted by Crippen LogP contribution is -2.21. The van der Waals surface area contributed by atoms with Crippen LogP contribution in [0.5, 0.6) is 5.75 Å². The minimum atomic E-state index is -0.0715. The van der Waals surface area contributed by atoms with E-state index in [0.29, 0.717) is 12.0 Å². The minimum absolute atomic E-state index is 0.0715. The normalized spacial score (nSPS) is 13.4. The molecule has 2 atom stereocenters. The van der Waals surface area contributed by atoms with Crippen molar-refractivity contribution in [1.82, 2.24) is 0 Å². The molecule has 0 saturated carbocycles. The Kier molecular flexibility index (Phi) is 7.06. The molecule has 0 aliphatic heterocycles. The first-order valence-electron chi connectivity index (χ1n) is 7.72. The smallest absolute Gasteiger partial charge is 0.221 e. The van der Waals surface area contributed by atoms with Gasteiger partial charge in [-0.15, -0.1) is 0 Å². The van der Waals surface area contributed by atoms with E-state index in [1.165, 1.54) is 13.3 Å². The Morgan fingerprint density at radius 3 is 2.52 bits per heavy atom. The van der Waals surface area contributed by atoms with Gasteiger partial charge in [-0.3, -0.25) is 4.79 Å². The maximum Gasteiger partial charge on any atom is 0.221 e. The Hall–Kier alpha value is -1.71. The molecule has 4 nitrogen and oxygen atoms in total. The summed E-state index contributed by atoms with van der Waals surface area (Å²) < 4.78 is 5.41. The zero-order valence-corrected chi connectivity index (χ0v) is 13.8. The van der Waals surface area contributed by atoms with E-state index in [0.717, 1.165) is 30.0 Å². The molecule has 0 bridgehead atoms. The summed E-state index contributed by atoms with van der Waals surface area (Å²) in [6.07, 6.45) is 3.36. The Balaban J connectivity index is 2.89. The zero-order chi connectivity index (χ0) is 15.8. The Labute approximate surface area is 128 Å². The highest BCUT2D eigenvalue weighted by atomic mass is 16.5. The fourth-order valence-corrected chi connectivity index (χ4v) is 2.30. The van der Waals surface area contributed by atoms with Crippen molar-refractivity contribution < 1.29 is 9.53 Å². The van der Waals surface area contributed by atoms with Crippen LogP contribution in [0.15, 0.2) is 18.2 Å². The molecule has 4 heteroatoms. The minimum Gasteiger partial charge on any atom is -0.495 e. The fraction of sp³-hybridized carbons (Fsp3) is 0.588. The molecule has 1 amide bonds. The van der Waals surface area contributed by atoms with E-state index in [-0.39, 0.29) is 5.91 Å². The maximum atomic E-state index is 11.2. The molecule has 118 valence electrons. The van der Waals surface area contributed by atoms with Gasteiger partial charge in [0.25, 0.3) is 0 Å². The van der Waals surface area contributed by atoms with E-state index >= 15 is 0 Å². The summed E-state index contributed by atoms with van der Waals surface area (Å²) in [5.41, 5.74) is 1.71. The van der Waals surface area contributed by atoms with Gasteiger partial charge in [-0.05, 0) is 37.0 Å². The number of methoxy groups -OCH3 is 1. The molecule has 0 radical (unpaired) electrons. The number of benzene rings is 1. The van der Waals surface area contributed by atoms with Gasteiger partial charge < -0.3 is 15.4 Å². The topological polar surface area (TPSA) is 50.4 Å². The van der Waals surface area contributed by atoms with Gasteiger partial charge >= 0.3 is 0 Å². The van der Waals surface area contributed by atoms with Crippen LogP contribution in [0.1, 0.15) is 47.0 Å². The molecular formula is C17H28N2O2. The van der Waals surface area contributed by atoms with Crippen LogP contribution in [0.2, 0.25) is 0 Å². The number of carbonyl (C=O) groups is 1. The lowest BCUT2D eigenvalue weighted by molar-refractivity contribution is -0.114. The lowest BCUT2D eigenvalue weighted by Gasteiger charge is -2.23. The van der Waals surface area contributed by atoms with Crippen LogP contribution >= 0.6 is 0 Å². The van der Waals surface area contributed by atoms with E-state index in [9.17, 15) is 4.79 Å². The summed E-state index contributed by atoms with van der Waals surface area (Å²) in [5, 5.41) is 6.36. The Morgan fingerprint density at radius 1 is 1.29 bits per heavy atom. The molecule has 2 N–H and O–H groups in total. The third-order valence-electron chi connectivity index (χ3n) is 3.76. The molecule has 1 aromatic rings. The zero-order valence-electron chi connectivity index (χ0n) is 13.8. The van der Waals surface area contributed by atoms with Crippen LogP contribution in [-0.2, 0) is 4.79 Å². The first-order valence-corrected chi connectivity index (χ1v) is 7.72. The second-order valence-corrected chi connectivity index (χ2v) is 5.59. The molecule has 0 aliphatic carbocycles. The summed E-state index contributed by atoms with van der Waals surface area (Å²) in [5.74, 6) is 1.41. The van der Waals surface area contributed by atoms with Crippen LogP contribution < -0.4 is 15.4 Å². The summed E-state index contributed by atoms with van der Waals surface area (Å²) in [4.78, 5) is 11.2. The number of anilines is 2. The van der Waals surface area contributed by atoms with Crippen LogP contribution in [0, 0.1) is 5.92 Å². The van der Waals surface area contributed by atoms with Gasteiger partial charge in [-0.1, -0.05) is 27.2 Å². The number of nitrogens with one attached hydrogen (secondary N) is 2. The third kappa shape index (κ3) is 5.66. The highest BCUT2D eigenvalue weighted by Gasteiger charge is 2.13. The van der Waals surface area contributed by atoms with Gasteiger partial charge in [0.05, 0.1) is 12.8 Å². The van der Waals surface area contributed by atoms with Crippen LogP contribution in [0.25, 0.3) is 0 Å². The number of hydrogen-bond acceptors (Lipinski definition) is 3. The largest absolute Gasteiger partial charge is 0.495 e. The highest BCUT2D eigenvalue weighted by Crippen LogP contribution is 2.30. The molecule has 2 unspecified atom stereocenters. The molecule has 0 spiro atoms. The first kappa shape index (κ1) is 17.3. The Morgan fingerprint density at radius 2 is 2.00 bits per heavy atom. The summed E-state index contributed by atoms with van der Waals surface area (Å²) in [7, 11) is 1.66. The van der Waals surface area contributed by atoms with Crippen LogP contribution in [0.3, 0.4) is 0 Å². The first-order chi connectivity index (χ1) is 9.99. The third-order valence-corrected chi connectivity index (χ3v) is 3.76. The lowest BCUT2D eigenvalue weighted by atomic mass is 9.97. The molecule has 21 heavy (non-hydrogen) atoms. The van der Waals surface area contributed by atoms with Crippen molar-refractivity contribution in [3.8, 4) is 5.75 Å². The number of rotatable bonds is 8. The number of amides is 1. The standard InChI is InChI=1S/C17H28N2O2/c1-6-12(3)10-14(7-2)19-16-11-15(18-13(4)20)8-9-17(16)21-5/h8-9,11-12,14,19H,6-7,10H2,1-5H3,(H,18,20). The van der Waals surface area contributed by atoms with E-state index in [4.69, 9.17) is 4.74 Å². The van der Waals surface area contributed by atoms with Gasteiger partial charge in [0.2, 0.25) is 5.91 Å². The van der Waals surface area contributed by atoms with Crippen molar-refractivity contribution in [3.63, 3.8) is 0 Å². The van der Waals surface area contributed by atoms with Crippen molar-refractivity contribution in [1.29, 1.82) is 0 Å². The van der Waals surface area contributed by atoms with E-state index in [1.54, 1.807) is 7.11 Å². The predicted octanol–water partition coefficient (Wildman–Crippen LogP) is 4.28. The second-order valence-electron chi connectivity index (χ2n) is 5.59. The molecule has 1 rings (SSSR count). The molecule has 0 saturated heterocycles. The Bertz CT molecular complexity index is 460. The quantitative estimate of drug-likeness (QED) is 0.752. The average molecular weight is 292 g/mol. The van der Waals surface area contributed by atoms with Crippen LogP contribution in [0.4, 0.5) is 11.4 Å². The van der Waals surface area contributed by atoms with Crippen molar-refractivity contribution in [2.45, 2.75) is 53.0 Å². The monoisotopic (exact) mass is 292 g/mol. The molecule has 1 aromatic carbocycles. The molecular weight excluding hydrogens is 264 g/mol.